The van der Waals surface area contributed by atoms with Gasteiger partial charge in [0.05, 0.1) is 25.5 Å². The Morgan fingerprint density at radius 3 is 2.42 bits per heavy atom. The predicted octanol–water partition coefficient (Wildman–Crippen LogP) is 4.70. The summed E-state index contributed by atoms with van der Waals surface area (Å²) >= 11 is 6.05. The normalized spacial score (nSPS) is 15.0. The molecular formula is C27H25ClN2O6. The Bertz CT molecular complexity index is 1310. The molecule has 2 amide bonds. The van der Waals surface area contributed by atoms with Crippen LogP contribution < -0.4 is 14.8 Å². The summed E-state index contributed by atoms with van der Waals surface area (Å²) in [6.07, 6.45) is 0. The molecule has 0 unspecified atom stereocenters. The number of ether oxygens (including phenoxy) is 3. The molecule has 0 bridgehead atoms. The van der Waals surface area contributed by atoms with Crippen LogP contribution >= 0.6 is 11.6 Å². The number of methoxy groups -OCH3 is 2. The molecule has 0 radical (unpaired) electrons. The molecule has 1 N–H and O–H groups in total. The molecular weight excluding hydrogens is 484 g/mol. The number of nitrogens with one attached hydrogen (secondary N) is 1. The average Bonchev–Trinajstić information content (AvgIpc) is 2.97. The van der Waals surface area contributed by atoms with Crippen LogP contribution in [0.3, 0.4) is 0 Å². The molecule has 0 aromatic heterocycles. The average molecular weight is 509 g/mol. The van der Waals surface area contributed by atoms with Gasteiger partial charge in [-0.3, -0.25) is 9.59 Å². The van der Waals surface area contributed by atoms with E-state index in [-0.39, 0.29) is 30.5 Å². The zero-order valence-corrected chi connectivity index (χ0v) is 20.8. The number of hydrogen-bond acceptors (Lipinski definition) is 6. The second-order valence-corrected chi connectivity index (χ2v) is 8.68. The molecule has 0 spiro atoms. The van der Waals surface area contributed by atoms with Gasteiger partial charge in [-0.1, -0.05) is 29.8 Å². The Hall–Kier alpha value is -4.04. The van der Waals surface area contributed by atoms with Crippen molar-refractivity contribution in [3.8, 4) is 11.5 Å². The second-order valence-electron chi connectivity index (χ2n) is 8.25. The fourth-order valence-corrected chi connectivity index (χ4v) is 4.04. The van der Waals surface area contributed by atoms with E-state index >= 15 is 0 Å². The molecule has 4 rings (SSSR count). The van der Waals surface area contributed by atoms with E-state index in [2.05, 4.69) is 5.32 Å². The van der Waals surface area contributed by atoms with Crippen molar-refractivity contribution in [2.75, 3.05) is 19.5 Å². The molecule has 1 heterocycles. The van der Waals surface area contributed by atoms with Gasteiger partial charge in [0.25, 0.3) is 5.91 Å². The van der Waals surface area contributed by atoms with Crippen molar-refractivity contribution >= 4 is 35.1 Å². The summed E-state index contributed by atoms with van der Waals surface area (Å²) in [5, 5.41) is 3.18. The molecule has 1 aliphatic rings. The molecule has 1 atom stereocenters. The molecule has 8 nitrogen and oxygen atoms in total. The quantitative estimate of drug-likeness (QED) is 0.465. The first-order valence-corrected chi connectivity index (χ1v) is 11.6. The zero-order valence-electron chi connectivity index (χ0n) is 20.0. The molecule has 3 aromatic rings. The summed E-state index contributed by atoms with van der Waals surface area (Å²) in [5.74, 6) is -0.158. The number of esters is 1. The van der Waals surface area contributed by atoms with Crippen molar-refractivity contribution in [3.63, 3.8) is 0 Å². The highest BCUT2D eigenvalue weighted by Gasteiger charge is 2.32. The Balaban J connectivity index is 1.62. The van der Waals surface area contributed by atoms with Gasteiger partial charge in [0, 0.05) is 11.6 Å². The monoisotopic (exact) mass is 508 g/mol. The molecule has 0 saturated carbocycles. The van der Waals surface area contributed by atoms with Gasteiger partial charge < -0.3 is 24.4 Å². The molecule has 0 fully saturated rings. The maximum Gasteiger partial charge on any atom is 0.341 e. The number of carbonyl (C=O) groups is 3. The number of amides is 2. The molecule has 0 aliphatic carbocycles. The largest absolute Gasteiger partial charge is 0.497 e. The van der Waals surface area contributed by atoms with Gasteiger partial charge in [-0.15, -0.1) is 0 Å². The number of fused-ring (bicyclic) bond motifs is 1. The SMILES string of the molecule is COC(=O)c1ccc(CN2C(=O)c3ccc(Cl)cc3NC(=O)[C@H]2C)cc1OCc1ccc(OC)cc1. The molecule has 36 heavy (non-hydrogen) atoms. The maximum atomic E-state index is 13.4. The minimum Gasteiger partial charge on any atom is -0.497 e. The van der Waals surface area contributed by atoms with Gasteiger partial charge in [-0.2, -0.15) is 0 Å². The summed E-state index contributed by atoms with van der Waals surface area (Å²) in [6.45, 7) is 1.98. The van der Waals surface area contributed by atoms with Crippen molar-refractivity contribution < 1.29 is 28.6 Å². The van der Waals surface area contributed by atoms with Gasteiger partial charge in [0.1, 0.15) is 29.7 Å². The van der Waals surface area contributed by atoms with Crippen molar-refractivity contribution in [1.29, 1.82) is 0 Å². The standard InChI is InChI=1S/C27H25ClN2O6/c1-16-25(31)29-23-13-19(28)7-11-21(23)26(32)30(16)14-18-6-10-22(27(33)35-3)24(12-18)36-15-17-4-8-20(34-2)9-5-17/h4-13,16H,14-15H2,1-3H3,(H,29,31)/t16-/m1/s1. The van der Waals surface area contributed by atoms with Gasteiger partial charge in [0.2, 0.25) is 5.91 Å². The minimum atomic E-state index is -0.743. The van der Waals surface area contributed by atoms with Gasteiger partial charge in [0.15, 0.2) is 0 Å². The predicted molar refractivity (Wildman–Crippen MR) is 135 cm³/mol. The second kappa shape index (κ2) is 10.7. The van der Waals surface area contributed by atoms with Crippen molar-refractivity contribution in [2.24, 2.45) is 0 Å². The Labute approximate surface area is 213 Å². The van der Waals surface area contributed by atoms with E-state index in [0.29, 0.717) is 27.6 Å². The van der Waals surface area contributed by atoms with E-state index in [0.717, 1.165) is 11.3 Å². The summed E-state index contributed by atoms with van der Waals surface area (Å²) < 4.78 is 16.1. The Morgan fingerprint density at radius 2 is 1.72 bits per heavy atom. The van der Waals surface area contributed by atoms with E-state index in [1.165, 1.54) is 12.0 Å². The lowest BCUT2D eigenvalue weighted by atomic mass is 10.1. The number of carbonyl (C=O) groups excluding carboxylic acids is 3. The van der Waals surface area contributed by atoms with Gasteiger partial charge >= 0.3 is 5.97 Å². The van der Waals surface area contributed by atoms with Crippen molar-refractivity contribution in [3.05, 3.63) is 87.9 Å². The fourth-order valence-electron chi connectivity index (χ4n) is 3.87. The van der Waals surface area contributed by atoms with Crippen LogP contribution in [0.5, 0.6) is 11.5 Å². The number of halogens is 1. The lowest BCUT2D eigenvalue weighted by Gasteiger charge is -2.26. The Morgan fingerprint density at radius 1 is 1.00 bits per heavy atom. The number of nitrogens with zero attached hydrogens (tertiary/aromatic N) is 1. The topological polar surface area (TPSA) is 94.2 Å². The smallest absolute Gasteiger partial charge is 0.341 e. The van der Waals surface area contributed by atoms with E-state index in [4.69, 9.17) is 25.8 Å². The first kappa shape index (κ1) is 25.1. The van der Waals surface area contributed by atoms with Crippen LogP contribution in [0.1, 0.15) is 38.8 Å². The van der Waals surface area contributed by atoms with Crippen LogP contribution in [0.25, 0.3) is 0 Å². The molecule has 9 heteroatoms. The van der Waals surface area contributed by atoms with Crippen LogP contribution in [-0.2, 0) is 22.7 Å². The van der Waals surface area contributed by atoms with Gasteiger partial charge in [-0.05, 0) is 60.5 Å². The summed E-state index contributed by atoms with van der Waals surface area (Å²) in [7, 11) is 2.89. The molecule has 186 valence electrons. The summed E-state index contributed by atoms with van der Waals surface area (Å²) in [5.41, 5.74) is 2.52. The molecule has 3 aromatic carbocycles. The van der Waals surface area contributed by atoms with E-state index in [1.54, 1.807) is 50.4 Å². The minimum absolute atomic E-state index is 0.121. The molecule has 1 aliphatic heterocycles. The number of anilines is 1. The number of hydrogen-bond donors (Lipinski definition) is 1. The zero-order chi connectivity index (χ0) is 25.8. The number of benzene rings is 3. The first-order valence-electron chi connectivity index (χ1n) is 11.2. The van der Waals surface area contributed by atoms with Gasteiger partial charge in [-0.25, -0.2) is 4.79 Å². The maximum absolute atomic E-state index is 13.4. The molecule has 0 saturated heterocycles. The summed E-state index contributed by atoms with van der Waals surface area (Å²) in [4.78, 5) is 39.9. The third-order valence-electron chi connectivity index (χ3n) is 5.94. The third-order valence-corrected chi connectivity index (χ3v) is 6.17. The highest BCUT2D eigenvalue weighted by atomic mass is 35.5. The number of rotatable bonds is 7. The summed E-state index contributed by atoms with van der Waals surface area (Å²) in [6, 6.07) is 16.3. The highest BCUT2D eigenvalue weighted by molar-refractivity contribution is 6.31. The fraction of sp³-hybridized carbons (Fsp3) is 0.222. The highest BCUT2D eigenvalue weighted by Crippen LogP contribution is 2.29. The van der Waals surface area contributed by atoms with Crippen LogP contribution in [0.15, 0.2) is 60.7 Å². The van der Waals surface area contributed by atoms with Crippen molar-refractivity contribution in [2.45, 2.75) is 26.1 Å². The lowest BCUT2D eigenvalue weighted by molar-refractivity contribution is -0.120. The van der Waals surface area contributed by atoms with Crippen LogP contribution in [-0.4, -0.2) is 42.9 Å². The van der Waals surface area contributed by atoms with Crippen LogP contribution in [0.2, 0.25) is 5.02 Å². The van der Waals surface area contributed by atoms with E-state index < -0.39 is 12.0 Å². The van der Waals surface area contributed by atoms with E-state index in [9.17, 15) is 14.4 Å². The first-order chi connectivity index (χ1) is 17.3. The van der Waals surface area contributed by atoms with Crippen molar-refractivity contribution in [1.82, 2.24) is 4.90 Å². The third kappa shape index (κ3) is 5.28. The lowest BCUT2D eigenvalue weighted by Crippen LogP contribution is -2.42. The van der Waals surface area contributed by atoms with Crippen LogP contribution in [0.4, 0.5) is 5.69 Å². The Kier molecular flexibility index (Phi) is 7.45. The van der Waals surface area contributed by atoms with Crippen LogP contribution in [0, 0.1) is 0 Å². The van der Waals surface area contributed by atoms with E-state index in [1.807, 2.05) is 24.3 Å².